The maximum Gasteiger partial charge on any atom is 0.339 e. The summed E-state index contributed by atoms with van der Waals surface area (Å²) >= 11 is 0. The second kappa shape index (κ2) is 5.72. The van der Waals surface area contributed by atoms with Crippen LogP contribution >= 0.6 is 0 Å². The smallest absolute Gasteiger partial charge is 0.339 e. The molecule has 0 aromatic rings. The van der Waals surface area contributed by atoms with Crippen molar-refractivity contribution >= 4 is 5.97 Å². The van der Waals surface area contributed by atoms with Crippen LogP contribution in [0.3, 0.4) is 0 Å². The van der Waals surface area contributed by atoms with Crippen molar-refractivity contribution in [3.8, 4) is 0 Å². The molecular formula is C9H16O4. The van der Waals surface area contributed by atoms with Crippen molar-refractivity contribution in [2.45, 2.75) is 19.4 Å². The van der Waals surface area contributed by atoms with E-state index in [1.54, 1.807) is 6.08 Å². The van der Waals surface area contributed by atoms with Gasteiger partial charge in [-0.1, -0.05) is 12.2 Å². The van der Waals surface area contributed by atoms with Gasteiger partial charge in [-0.15, -0.1) is 0 Å². The van der Waals surface area contributed by atoms with E-state index in [9.17, 15) is 9.90 Å². The number of esters is 1. The summed E-state index contributed by atoms with van der Waals surface area (Å²) in [5.41, 5.74) is -1.56. The zero-order valence-electron chi connectivity index (χ0n) is 8.24. The van der Waals surface area contributed by atoms with Crippen molar-refractivity contribution in [1.82, 2.24) is 0 Å². The van der Waals surface area contributed by atoms with Crippen LogP contribution in [0.1, 0.15) is 13.8 Å². The predicted molar refractivity (Wildman–Crippen MR) is 48.3 cm³/mol. The molecule has 0 amide bonds. The van der Waals surface area contributed by atoms with Gasteiger partial charge in [0.25, 0.3) is 0 Å². The first kappa shape index (κ1) is 12.1. The van der Waals surface area contributed by atoms with Crippen LogP contribution in [0, 0.1) is 0 Å². The molecule has 0 aromatic carbocycles. The first-order valence-electron chi connectivity index (χ1n) is 4.04. The monoisotopic (exact) mass is 188 g/mol. The Kier molecular flexibility index (Phi) is 5.34. The van der Waals surface area contributed by atoms with Gasteiger partial charge >= 0.3 is 5.97 Å². The van der Waals surface area contributed by atoms with Gasteiger partial charge in [-0.3, -0.25) is 0 Å². The van der Waals surface area contributed by atoms with Crippen LogP contribution in [-0.2, 0) is 14.3 Å². The molecular weight excluding hydrogens is 172 g/mol. The SMILES string of the molecule is CC=CCOCC(C)(O)C(=O)OC. The average Bonchev–Trinajstić information content (AvgIpc) is 2.11. The molecule has 0 heterocycles. The van der Waals surface area contributed by atoms with Crippen LogP contribution < -0.4 is 0 Å². The Morgan fingerprint density at radius 1 is 1.62 bits per heavy atom. The summed E-state index contributed by atoms with van der Waals surface area (Å²) in [7, 11) is 1.22. The van der Waals surface area contributed by atoms with E-state index in [0.29, 0.717) is 6.61 Å². The molecule has 0 aliphatic heterocycles. The third-order valence-electron chi connectivity index (χ3n) is 1.46. The van der Waals surface area contributed by atoms with Crippen molar-refractivity contribution in [2.24, 2.45) is 0 Å². The van der Waals surface area contributed by atoms with E-state index in [4.69, 9.17) is 4.74 Å². The quantitative estimate of drug-likeness (QED) is 0.388. The van der Waals surface area contributed by atoms with E-state index in [1.807, 2.05) is 13.0 Å². The number of allylic oxidation sites excluding steroid dienone is 1. The second-order valence-electron chi connectivity index (χ2n) is 2.85. The Morgan fingerprint density at radius 3 is 2.69 bits per heavy atom. The number of hydrogen-bond donors (Lipinski definition) is 1. The highest BCUT2D eigenvalue weighted by Crippen LogP contribution is 2.05. The minimum atomic E-state index is -1.56. The zero-order chi connectivity index (χ0) is 10.3. The number of hydrogen-bond acceptors (Lipinski definition) is 4. The molecule has 1 unspecified atom stereocenters. The Hall–Kier alpha value is -0.870. The molecule has 0 aromatic heterocycles. The van der Waals surface area contributed by atoms with Gasteiger partial charge in [-0.2, -0.15) is 0 Å². The summed E-state index contributed by atoms with van der Waals surface area (Å²) < 4.78 is 9.41. The molecule has 1 atom stereocenters. The lowest BCUT2D eigenvalue weighted by atomic mass is 10.1. The molecule has 1 N–H and O–H groups in total. The van der Waals surface area contributed by atoms with Crippen LogP contribution in [0.15, 0.2) is 12.2 Å². The van der Waals surface area contributed by atoms with Crippen LogP contribution in [0.2, 0.25) is 0 Å². The lowest BCUT2D eigenvalue weighted by Crippen LogP contribution is -2.41. The minimum Gasteiger partial charge on any atom is -0.467 e. The van der Waals surface area contributed by atoms with Crippen molar-refractivity contribution in [3.63, 3.8) is 0 Å². The molecule has 0 aliphatic rings. The van der Waals surface area contributed by atoms with E-state index >= 15 is 0 Å². The fraction of sp³-hybridized carbons (Fsp3) is 0.667. The number of carbonyl (C=O) groups excluding carboxylic acids is 1. The highest BCUT2D eigenvalue weighted by Gasteiger charge is 2.31. The summed E-state index contributed by atoms with van der Waals surface area (Å²) in [6.45, 7) is 3.53. The molecule has 0 radical (unpaired) electrons. The molecule has 0 aliphatic carbocycles. The van der Waals surface area contributed by atoms with E-state index in [1.165, 1.54) is 14.0 Å². The molecule has 0 fully saturated rings. The summed E-state index contributed by atoms with van der Waals surface area (Å²) in [6, 6.07) is 0. The second-order valence-corrected chi connectivity index (χ2v) is 2.85. The maximum atomic E-state index is 10.9. The first-order valence-corrected chi connectivity index (χ1v) is 4.04. The summed E-state index contributed by atoms with van der Waals surface area (Å²) in [5, 5.41) is 9.46. The third kappa shape index (κ3) is 4.65. The summed E-state index contributed by atoms with van der Waals surface area (Å²) in [6.07, 6.45) is 3.61. The molecule has 0 saturated carbocycles. The first-order chi connectivity index (χ1) is 6.04. The molecule has 0 bridgehead atoms. The highest BCUT2D eigenvalue weighted by molar-refractivity contribution is 5.78. The van der Waals surface area contributed by atoms with Gasteiger partial charge < -0.3 is 14.6 Å². The fourth-order valence-corrected chi connectivity index (χ4v) is 0.701. The standard InChI is InChI=1S/C9H16O4/c1-4-5-6-13-7-9(2,11)8(10)12-3/h4-5,11H,6-7H2,1-3H3. The normalized spacial score (nSPS) is 15.7. The van der Waals surface area contributed by atoms with Crippen molar-refractivity contribution < 1.29 is 19.4 Å². The van der Waals surface area contributed by atoms with Crippen LogP contribution in [0.5, 0.6) is 0 Å². The number of methoxy groups -OCH3 is 1. The fourth-order valence-electron chi connectivity index (χ4n) is 0.701. The molecule has 4 heteroatoms. The number of ether oxygens (including phenoxy) is 2. The number of aliphatic hydroxyl groups is 1. The minimum absolute atomic E-state index is 0.0655. The Balaban J connectivity index is 3.81. The van der Waals surface area contributed by atoms with Gasteiger partial charge in [0, 0.05) is 0 Å². The number of rotatable bonds is 5. The molecule has 0 spiro atoms. The van der Waals surface area contributed by atoms with Crippen molar-refractivity contribution in [1.29, 1.82) is 0 Å². The van der Waals surface area contributed by atoms with Gasteiger partial charge in [0.1, 0.15) is 0 Å². The lowest BCUT2D eigenvalue weighted by molar-refractivity contribution is -0.165. The molecule has 0 rings (SSSR count). The van der Waals surface area contributed by atoms with E-state index in [2.05, 4.69) is 4.74 Å². The number of carbonyl (C=O) groups is 1. The molecule has 4 nitrogen and oxygen atoms in total. The Morgan fingerprint density at radius 2 is 2.23 bits per heavy atom. The molecule has 0 saturated heterocycles. The van der Waals surface area contributed by atoms with E-state index in [0.717, 1.165) is 0 Å². The van der Waals surface area contributed by atoms with Crippen LogP contribution in [-0.4, -0.2) is 37.0 Å². The van der Waals surface area contributed by atoms with Gasteiger partial charge in [-0.05, 0) is 13.8 Å². The van der Waals surface area contributed by atoms with Gasteiger partial charge in [-0.25, -0.2) is 4.79 Å². The maximum absolute atomic E-state index is 10.9. The summed E-state index contributed by atoms with van der Waals surface area (Å²) in [4.78, 5) is 10.9. The van der Waals surface area contributed by atoms with Crippen molar-refractivity contribution in [3.05, 3.63) is 12.2 Å². The van der Waals surface area contributed by atoms with Crippen LogP contribution in [0.4, 0.5) is 0 Å². The van der Waals surface area contributed by atoms with E-state index in [-0.39, 0.29) is 6.61 Å². The Labute approximate surface area is 78.2 Å². The van der Waals surface area contributed by atoms with Crippen LogP contribution in [0.25, 0.3) is 0 Å². The summed E-state index contributed by atoms with van der Waals surface area (Å²) in [5.74, 6) is -0.687. The molecule has 13 heavy (non-hydrogen) atoms. The van der Waals surface area contributed by atoms with Gasteiger partial charge in [0.05, 0.1) is 20.3 Å². The van der Waals surface area contributed by atoms with Crippen molar-refractivity contribution in [2.75, 3.05) is 20.3 Å². The zero-order valence-corrected chi connectivity index (χ0v) is 8.24. The lowest BCUT2D eigenvalue weighted by Gasteiger charge is -2.19. The highest BCUT2D eigenvalue weighted by atomic mass is 16.6. The largest absolute Gasteiger partial charge is 0.467 e. The van der Waals surface area contributed by atoms with Gasteiger partial charge in [0.2, 0.25) is 0 Å². The Bertz CT molecular complexity index is 184. The topological polar surface area (TPSA) is 55.8 Å². The average molecular weight is 188 g/mol. The van der Waals surface area contributed by atoms with Gasteiger partial charge in [0.15, 0.2) is 5.60 Å². The third-order valence-corrected chi connectivity index (χ3v) is 1.46. The predicted octanol–water partition coefficient (Wildman–Crippen LogP) is 0.503. The van der Waals surface area contributed by atoms with E-state index < -0.39 is 11.6 Å². The molecule has 76 valence electrons.